The first kappa shape index (κ1) is 24.8. The highest BCUT2D eigenvalue weighted by molar-refractivity contribution is 5.81. The lowest BCUT2D eigenvalue weighted by atomic mass is 9.76. The number of nitrogens with one attached hydrogen (secondary N) is 1. The second kappa shape index (κ2) is 10.1. The molecule has 0 bridgehead atoms. The highest BCUT2D eigenvalue weighted by Gasteiger charge is 2.48. The Labute approximate surface area is 206 Å². The van der Waals surface area contributed by atoms with Gasteiger partial charge < -0.3 is 20.1 Å². The lowest BCUT2D eigenvalue weighted by Crippen LogP contribution is -2.41. The van der Waals surface area contributed by atoms with Gasteiger partial charge >= 0.3 is 12.1 Å². The zero-order valence-corrected chi connectivity index (χ0v) is 20.6. The molecule has 2 N–H and O–H groups in total. The van der Waals surface area contributed by atoms with Crippen molar-refractivity contribution in [3.05, 3.63) is 59.7 Å². The van der Waals surface area contributed by atoms with Gasteiger partial charge in [0.1, 0.15) is 6.61 Å². The molecule has 0 aromatic heterocycles. The Morgan fingerprint density at radius 3 is 2.20 bits per heavy atom. The zero-order chi connectivity index (χ0) is 25.2. The van der Waals surface area contributed by atoms with Gasteiger partial charge in [0, 0.05) is 32.0 Å². The molecule has 7 heteroatoms. The monoisotopic (exact) mass is 478 g/mol. The van der Waals surface area contributed by atoms with Crippen molar-refractivity contribution in [2.75, 3.05) is 26.2 Å². The van der Waals surface area contributed by atoms with E-state index in [1.165, 1.54) is 11.1 Å². The Kier molecular flexibility index (Phi) is 7.15. The van der Waals surface area contributed by atoms with Crippen LogP contribution in [0.3, 0.4) is 0 Å². The molecule has 2 aliphatic rings. The third-order valence-electron chi connectivity index (χ3n) is 7.65. The van der Waals surface area contributed by atoms with E-state index < -0.39 is 17.5 Å². The van der Waals surface area contributed by atoms with Crippen LogP contribution >= 0.6 is 0 Å². The number of carboxylic acid groups (broad SMARTS) is 1. The van der Waals surface area contributed by atoms with Crippen LogP contribution in [-0.4, -0.2) is 54.2 Å². The fourth-order valence-electron chi connectivity index (χ4n) is 5.35. The van der Waals surface area contributed by atoms with Crippen LogP contribution < -0.4 is 5.32 Å². The molecule has 1 saturated heterocycles. The van der Waals surface area contributed by atoms with E-state index >= 15 is 0 Å². The summed E-state index contributed by atoms with van der Waals surface area (Å²) in [6, 6.07) is 16.4. The summed E-state index contributed by atoms with van der Waals surface area (Å²) in [6.07, 6.45) is 0.215. The maximum Gasteiger partial charge on any atom is 0.407 e. The molecule has 7 nitrogen and oxygen atoms in total. The van der Waals surface area contributed by atoms with Crippen molar-refractivity contribution in [3.63, 3.8) is 0 Å². The average molecular weight is 479 g/mol. The van der Waals surface area contributed by atoms with E-state index in [0.29, 0.717) is 19.5 Å². The van der Waals surface area contributed by atoms with Crippen molar-refractivity contribution in [3.8, 4) is 11.1 Å². The third kappa shape index (κ3) is 4.90. The molecular formula is C28H34N2O5. The molecule has 35 heavy (non-hydrogen) atoms. The molecule has 0 saturated carbocycles. The SMILES string of the molecule is CC(CNC(=O)OCC1c2ccccc2-c2ccccc21)CC(=O)N1CCC(C(=O)O)(C(C)C)C1. The number of nitrogens with zero attached hydrogens (tertiary/aromatic N) is 1. The van der Waals surface area contributed by atoms with Gasteiger partial charge in [0.05, 0.1) is 5.41 Å². The average Bonchev–Trinajstić information content (AvgIpc) is 3.43. The fraction of sp³-hybridized carbons (Fsp3) is 0.464. The number of aliphatic carboxylic acids is 1. The summed E-state index contributed by atoms with van der Waals surface area (Å²) >= 11 is 0. The van der Waals surface area contributed by atoms with Gasteiger partial charge in [0.25, 0.3) is 0 Å². The lowest BCUT2D eigenvalue weighted by Gasteiger charge is -2.29. The summed E-state index contributed by atoms with van der Waals surface area (Å²) in [5.74, 6) is -1.06. The Balaban J connectivity index is 1.25. The van der Waals surface area contributed by atoms with E-state index in [9.17, 15) is 19.5 Å². The highest BCUT2D eigenvalue weighted by Crippen LogP contribution is 2.44. The third-order valence-corrected chi connectivity index (χ3v) is 7.65. The molecule has 2 aromatic carbocycles. The van der Waals surface area contributed by atoms with E-state index in [1.807, 2.05) is 45.0 Å². The van der Waals surface area contributed by atoms with Crippen molar-refractivity contribution in [2.45, 2.75) is 39.5 Å². The van der Waals surface area contributed by atoms with Gasteiger partial charge in [-0.25, -0.2) is 4.79 Å². The van der Waals surface area contributed by atoms with Crippen LogP contribution in [-0.2, 0) is 14.3 Å². The molecule has 4 rings (SSSR count). The number of carbonyl (C=O) groups excluding carboxylic acids is 2. The van der Waals surface area contributed by atoms with Gasteiger partial charge in [0.2, 0.25) is 5.91 Å². The summed E-state index contributed by atoms with van der Waals surface area (Å²) in [4.78, 5) is 38.6. The number of carbonyl (C=O) groups is 3. The first-order chi connectivity index (χ1) is 16.7. The number of amides is 2. The lowest BCUT2D eigenvalue weighted by molar-refractivity contribution is -0.151. The molecule has 2 aromatic rings. The second-order valence-corrected chi connectivity index (χ2v) is 10.2. The van der Waals surface area contributed by atoms with E-state index in [0.717, 1.165) is 11.1 Å². The maximum atomic E-state index is 12.8. The summed E-state index contributed by atoms with van der Waals surface area (Å²) < 4.78 is 5.56. The van der Waals surface area contributed by atoms with Crippen LogP contribution in [0.1, 0.15) is 50.7 Å². The first-order valence-electron chi connectivity index (χ1n) is 12.3. The Bertz CT molecular complexity index is 1070. The molecule has 0 spiro atoms. The Morgan fingerprint density at radius 1 is 1.06 bits per heavy atom. The number of fused-ring (bicyclic) bond motifs is 3. The fourth-order valence-corrected chi connectivity index (χ4v) is 5.35. The molecule has 0 radical (unpaired) electrons. The van der Waals surface area contributed by atoms with Crippen LogP contribution in [0.4, 0.5) is 4.79 Å². The number of ether oxygens (including phenoxy) is 1. The van der Waals surface area contributed by atoms with E-state index in [-0.39, 0.29) is 43.2 Å². The maximum absolute atomic E-state index is 12.8. The van der Waals surface area contributed by atoms with Crippen LogP contribution in [0.2, 0.25) is 0 Å². The molecule has 2 unspecified atom stereocenters. The Hall–Kier alpha value is -3.35. The normalized spacial score (nSPS) is 19.8. The number of benzene rings is 2. The van der Waals surface area contributed by atoms with Crippen molar-refractivity contribution in [1.82, 2.24) is 10.2 Å². The van der Waals surface area contributed by atoms with Gasteiger partial charge in [-0.1, -0.05) is 69.3 Å². The second-order valence-electron chi connectivity index (χ2n) is 10.2. The number of carboxylic acids is 1. The predicted molar refractivity (Wildman–Crippen MR) is 133 cm³/mol. The van der Waals surface area contributed by atoms with E-state index in [2.05, 4.69) is 29.6 Å². The van der Waals surface area contributed by atoms with Crippen LogP contribution in [0.5, 0.6) is 0 Å². The van der Waals surface area contributed by atoms with Gasteiger partial charge in [-0.05, 0) is 40.5 Å². The van der Waals surface area contributed by atoms with Crippen LogP contribution in [0, 0.1) is 17.3 Å². The standard InChI is InChI=1S/C28H34N2O5/c1-18(2)28(26(32)33)12-13-30(17-28)25(31)14-19(3)15-29-27(34)35-16-24-22-10-6-4-8-20(22)21-9-5-7-11-23(21)24/h4-11,18-19,24H,12-17H2,1-3H3,(H,29,34)(H,32,33). The van der Waals surface area contributed by atoms with Gasteiger partial charge in [0.15, 0.2) is 0 Å². The highest BCUT2D eigenvalue weighted by atomic mass is 16.5. The topological polar surface area (TPSA) is 95.9 Å². The number of hydrogen-bond acceptors (Lipinski definition) is 4. The Morgan fingerprint density at radius 2 is 1.66 bits per heavy atom. The zero-order valence-electron chi connectivity index (χ0n) is 20.6. The quantitative estimate of drug-likeness (QED) is 0.582. The minimum atomic E-state index is -0.877. The number of alkyl carbamates (subject to hydrolysis) is 1. The predicted octanol–water partition coefficient (Wildman–Crippen LogP) is 4.51. The van der Waals surface area contributed by atoms with Crippen molar-refractivity contribution >= 4 is 18.0 Å². The molecule has 1 aliphatic carbocycles. The van der Waals surface area contributed by atoms with Gasteiger partial charge in [-0.2, -0.15) is 0 Å². The molecule has 2 atom stereocenters. The molecule has 1 fully saturated rings. The van der Waals surface area contributed by atoms with Gasteiger partial charge in [-0.15, -0.1) is 0 Å². The van der Waals surface area contributed by atoms with Gasteiger partial charge in [-0.3, -0.25) is 9.59 Å². The molecule has 1 heterocycles. The summed E-state index contributed by atoms with van der Waals surface area (Å²) in [6.45, 7) is 6.93. The summed E-state index contributed by atoms with van der Waals surface area (Å²) in [7, 11) is 0. The van der Waals surface area contributed by atoms with E-state index in [4.69, 9.17) is 4.74 Å². The molecular weight excluding hydrogens is 444 g/mol. The minimum absolute atomic E-state index is 0.00206. The van der Waals surface area contributed by atoms with Crippen LogP contribution in [0.15, 0.2) is 48.5 Å². The largest absolute Gasteiger partial charge is 0.481 e. The molecule has 2 amide bonds. The summed E-state index contributed by atoms with van der Waals surface area (Å²) in [5, 5.41) is 12.5. The molecule has 186 valence electrons. The smallest absolute Gasteiger partial charge is 0.407 e. The van der Waals surface area contributed by atoms with Crippen molar-refractivity contribution < 1.29 is 24.2 Å². The number of hydrogen-bond donors (Lipinski definition) is 2. The van der Waals surface area contributed by atoms with Crippen molar-refractivity contribution in [1.29, 1.82) is 0 Å². The van der Waals surface area contributed by atoms with Crippen molar-refractivity contribution in [2.24, 2.45) is 17.3 Å². The number of likely N-dealkylation sites (tertiary alicyclic amines) is 1. The molecule has 1 aliphatic heterocycles. The first-order valence-corrected chi connectivity index (χ1v) is 12.3. The minimum Gasteiger partial charge on any atom is -0.481 e. The summed E-state index contributed by atoms with van der Waals surface area (Å²) in [5.41, 5.74) is 3.79. The van der Waals surface area contributed by atoms with Crippen LogP contribution in [0.25, 0.3) is 11.1 Å². The number of rotatable bonds is 8. The van der Waals surface area contributed by atoms with E-state index in [1.54, 1.807) is 4.90 Å².